The molecule has 7 nitrogen and oxygen atoms in total. The SMILES string of the molecule is O=C(CCc1ccc2c(c1)OCO2)NC1CCC(C(=O)NC2CCOC2)CC1. The molecule has 2 fully saturated rings. The number of nitrogens with one attached hydrogen (secondary N) is 2. The zero-order valence-corrected chi connectivity index (χ0v) is 16.1. The second-order valence-electron chi connectivity index (χ2n) is 7.87. The minimum atomic E-state index is 0.0578. The third kappa shape index (κ3) is 4.76. The number of carbonyl (C=O) groups is 2. The van der Waals surface area contributed by atoms with Crippen LogP contribution in [0.1, 0.15) is 44.1 Å². The van der Waals surface area contributed by atoms with Gasteiger partial charge in [-0.1, -0.05) is 6.07 Å². The van der Waals surface area contributed by atoms with Crippen LogP contribution in [0.3, 0.4) is 0 Å². The molecule has 2 amide bonds. The lowest BCUT2D eigenvalue weighted by molar-refractivity contribution is -0.126. The number of fused-ring (bicyclic) bond motifs is 1. The number of carbonyl (C=O) groups excluding carboxylic acids is 2. The smallest absolute Gasteiger partial charge is 0.231 e. The quantitative estimate of drug-likeness (QED) is 0.778. The van der Waals surface area contributed by atoms with Crippen molar-refractivity contribution in [2.75, 3.05) is 20.0 Å². The maximum Gasteiger partial charge on any atom is 0.231 e. The highest BCUT2D eigenvalue weighted by Gasteiger charge is 2.29. The summed E-state index contributed by atoms with van der Waals surface area (Å²) >= 11 is 0. The van der Waals surface area contributed by atoms with Gasteiger partial charge in [0, 0.05) is 25.0 Å². The lowest BCUT2D eigenvalue weighted by Gasteiger charge is -2.29. The van der Waals surface area contributed by atoms with E-state index in [2.05, 4.69) is 10.6 Å². The molecule has 0 bridgehead atoms. The number of aryl methyl sites for hydroxylation is 1. The van der Waals surface area contributed by atoms with Crippen LogP contribution in [-0.2, 0) is 20.7 Å². The van der Waals surface area contributed by atoms with Crippen LogP contribution in [0.25, 0.3) is 0 Å². The molecule has 2 N–H and O–H groups in total. The van der Waals surface area contributed by atoms with Crippen LogP contribution in [0, 0.1) is 5.92 Å². The average molecular weight is 388 g/mol. The molecule has 7 heteroatoms. The van der Waals surface area contributed by atoms with Gasteiger partial charge in [0.2, 0.25) is 18.6 Å². The summed E-state index contributed by atoms with van der Waals surface area (Å²) in [6.45, 7) is 1.62. The first kappa shape index (κ1) is 19.1. The van der Waals surface area contributed by atoms with Crippen molar-refractivity contribution in [1.82, 2.24) is 10.6 Å². The van der Waals surface area contributed by atoms with Crippen molar-refractivity contribution in [2.24, 2.45) is 5.92 Å². The zero-order valence-electron chi connectivity index (χ0n) is 16.1. The maximum absolute atomic E-state index is 12.3. The van der Waals surface area contributed by atoms with E-state index < -0.39 is 0 Å². The molecule has 2 aliphatic heterocycles. The van der Waals surface area contributed by atoms with Gasteiger partial charge in [0.25, 0.3) is 0 Å². The van der Waals surface area contributed by atoms with Crippen LogP contribution in [0.15, 0.2) is 18.2 Å². The third-order valence-electron chi connectivity index (χ3n) is 5.82. The third-order valence-corrected chi connectivity index (χ3v) is 5.82. The first-order valence-corrected chi connectivity index (χ1v) is 10.2. The average Bonchev–Trinajstić information content (AvgIpc) is 3.38. The predicted molar refractivity (Wildman–Crippen MR) is 102 cm³/mol. The molecule has 4 rings (SSSR count). The number of hydrogen-bond donors (Lipinski definition) is 2. The first-order chi connectivity index (χ1) is 13.7. The highest BCUT2D eigenvalue weighted by molar-refractivity contribution is 5.79. The molecule has 1 aromatic rings. The van der Waals surface area contributed by atoms with Crippen LogP contribution < -0.4 is 20.1 Å². The van der Waals surface area contributed by atoms with Gasteiger partial charge >= 0.3 is 0 Å². The van der Waals surface area contributed by atoms with Crippen molar-refractivity contribution >= 4 is 11.8 Å². The van der Waals surface area contributed by atoms with E-state index in [-0.39, 0.29) is 36.6 Å². The Morgan fingerprint density at radius 2 is 1.79 bits per heavy atom. The summed E-state index contributed by atoms with van der Waals surface area (Å²) in [5.74, 6) is 1.77. The van der Waals surface area contributed by atoms with Crippen molar-refractivity contribution in [3.8, 4) is 11.5 Å². The molecule has 0 aromatic heterocycles. The topological polar surface area (TPSA) is 85.9 Å². The number of hydrogen-bond acceptors (Lipinski definition) is 5. The van der Waals surface area contributed by atoms with Gasteiger partial charge in [-0.2, -0.15) is 0 Å². The van der Waals surface area contributed by atoms with Gasteiger partial charge in [-0.25, -0.2) is 0 Å². The van der Waals surface area contributed by atoms with Crippen molar-refractivity contribution in [3.05, 3.63) is 23.8 Å². The molecule has 1 unspecified atom stereocenters. The normalized spacial score (nSPS) is 26.1. The molecule has 1 aliphatic carbocycles. The Morgan fingerprint density at radius 1 is 0.964 bits per heavy atom. The van der Waals surface area contributed by atoms with Gasteiger partial charge in [0.15, 0.2) is 11.5 Å². The van der Waals surface area contributed by atoms with Crippen molar-refractivity contribution < 1.29 is 23.8 Å². The predicted octanol–water partition coefficient (Wildman–Crippen LogP) is 1.93. The highest BCUT2D eigenvalue weighted by Crippen LogP contribution is 2.32. The summed E-state index contributed by atoms with van der Waals surface area (Å²) in [5.41, 5.74) is 1.07. The molecule has 1 aromatic carbocycles. The highest BCUT2D eigenvalue weighted by atomic mass is 16.7. The van der Waals surface area contributed by atoms with Crippen molar-refractivity contribution in [1.29, 1.82) is 0 Å². The monoisotopic (exact) mass is 388 g/mol. The summed E-state index contributed by atoms with van der Waals surface area (Å²) in [4.78, 5) is 24.7. The Bertz CT molecular complexity index is 709. The second kappa shape index (κ2) is 8.82. The molecular formula is C21H28N2O5. The molecule has 2 heterocycles. The number of benzene rings is 1. The zero-order chi connectivity index (χ0) is 19.3. The van der Waals surface area contributed by atoms with Gasteiger partial charge in [-0.3, -0.25) is 9.59 Å². The summed E-state index contributed by atoms with van der Waals surface area (Å²) in [5, 5.41) is 6.22. The Balaban J connectivity index is 1.16. The van der Waals surface area contributed by atoms with E-state index in [9.17, 15) is 9.59 Å². The molecule has 3 aliphatic rings. The molecule has 1 saturated heterocycles. The lowest BCUT2D eigenvalue weighted by Crippen LogP contribution is -2.43. The molecule has 28 heavy (non-hydrogen) atoms. The van der Waals surface area contributed by atoms with Crippen LogP contribution in [0.4, 0.5) is 0 Å². The summed E-state index contributed by atoms with van der Waals surface area (Å²) < 4.78 is 16.0. The van der Waals surface area contributed by atoms with Gasteiger partial charge in [0.1, 0.15) is 0 Å². The lowest BCUT2D eigenvalue weighted by atomic mass is 9.85. The fourth-order valence-corrected chi connectivity index (χ4v) is 4.12. The van der Waals surface area contributed by atoms with E-state index in [0.29, 0.717) is 19.4 Å². The van der Waals surface area contributed by atoms with E-state index in [0.717, 1.165) is 55.8 Å². The number of ether oxygens (including phenoxy) is 3. The van der Waals surface area contributed by atoms with Crippen LogP contribution in [0.5, 0.6) is 11.5 Å². The van der Waals surface area contributed by atoms with Crippen LogP contribution in [0.2, 0.25) is 0 Å². The van der Waals surface area contributed by atoms with E-state index in [4.69, 9.17) is 14.2 Å². The molecule has 0 radical (unpaired) electrons. The van der Waals surface area contributed by atoms with Gasteiger partial charge in [-0.05, 0) is 56.2 Å². The first-order valence-electron chi connectivity index (χ1n) is 10.2. The minimum Gasteiger partial charge on any atom is -0.454 e. The molecule has 0 spiro atoms. The van der Waals surface area contributed by atoms with Gasteiger partial charge in [0.05, 0.1) is 12.6 Å². The minimum absolute atomic E-state index is 0.0578. The number of rotatable bonds is 6. The summed E-state index contributed by atoms with van der Waals surface area (Å²) in [7, 11) is 0. The fraction of sp³-hybridized carbons (Fsp3) is 0.619. The van der Waals surface area contributed by atoms with E-state index in [1.54, 1.807) is 0 Å². The van der Waals surface area contributed by atoms with E-state index >= 15 is 0 Å². The fourth-order valence-electron chi connectivity index (χ4n) is 4.12. The standard InChI is InChI=1S/C21H28N2O5/c24-20(8-2-14-1-7-18-19(11-14)28-13-27-18)22-16-5-3-15(4-6-16)21(25)23-17-9-10-26-12-17/h1,7,11,15-17H,2-6,8-10,12-13H2,(H,22,24)(H,23,25). The Labute approximate surface area is 165 Å². The molecule has 1 atom stereocenters. The largest absolute Gasteiger partial charge is 0.454 e. The van der Waals surface area contributed by atoms with E-state index in [1.165, 1.54) is 0 Å². The Morgan fingerprint density at radius 3 is 2.57 bits per heavy atom. The molecule has 1 saturated carbocycles. The second-order valence-corrected chi connectivity index (χ2v) is 7.87. The van der Waals surface area contributed by atoms with Crippen LogP contribution in [-0.4, -0.2) is 43.9 Å². The molecular weight excluding hydrogens is 360 g/mol. The Kier molecular flexibility index (Phi) is 6.00. The van der Waals surface area contributed by atoms with E-state index in [1.807, 2.05) is 18.2 Å². The Hall–Kier alpha value is -2.28. The molecule has 152 valence electrons. The summed E-state index contributed by atoms with van der Waals surface area (Å²) in [6, 6.07) is 6.14. The van der Waals surface area contributed by atoms with Gasteiger partial charge in [-0.15, -0.1) is 0 Å². The van der Waals surface area contributed by atoms with Crippen LogP contribution >= 0.6 is 0 Å². The maximum atomic E-state index is 12.3. The summed E-state index contributed by atoms with van der Waals surface area (Å²) in [6.07, 6.45) is 5.38. The van der Waals surface area contributed by atoms with Gasteiger partial charge < -0.3 is 24.8 Å². The van der Waals surface area contributed by atoms with Crippen molar-refractivity contribution in [2.45, 2.75) is 57.0 Å². The number of amides is 2. The van der Waals surface area contributed by atoms with Crippen molar-refractivity contribution in [3.63, 3.8) is 0 Å².